The van der Waals surface area contributed by atoms with Crippen LogP contribution in [0.25, 0.3) is 0 Å². The van der Waals surface area contributed by atoms with E-state index in [9.17, 15) is 17.2 Å². The Morgan fingerprint density at radius 2 is 1.68 bits per heavy atom. The molecule has 0 aliphatic heterocycles. The van der Waals surface area contributed by atoms with Crippen molar-refractivity contribution in [1.82, 2.24) is 0 Å². The Morgan fingerprint density at radius 1 is 0.964 bits per heavy atom. The normalized spacial score (nSPS) is 11.3. The summed E-state index contributed by atoms with van der Waals surface area (Å²) in [5, 5.41) is 0. The maximum atomic E-state index is 14.0. The molecule has 146 valence electrons. The Hall–Kier alpha value is -2.93. The summed E-state index contributed by atoms with van der Waals surface area (Å²) in [5.74, 6) is -0.513. The van der Waals surface area contributed by atoms with Crippen molar-refractivity contribution >= 4 is 15.7 Å². The molecule has 28 heavy (non-hydrogen) atoms. The van der Waals surface area contributed by atoms with Gasteiger partial charge in [-0.15, -0.1) is 0 Å². The van der Waals surface area contributed by atoms with Crippen LogP contribution < -0.4 is 9.04 Å². The van der Waals surface area contributed by atoms with Crippen LogP contribution in [0.2, 0.25) is 0 Å². The second-order valence-corrected chi connectivity index (χ2v) is 8.11. The number of hydrogen-bond acceptors (Lipinski definition) is 3. The van der Waals surface area contributed by atoms with Crippen molar-refractivity contribution in [2.75, 3.05) is 11.4 Å². The van der Waals surface area contributed by atoms with Crippen LogP contribution in [0.15, 0.2) is 71.6 Å². The molecule has 0 saturated carbocycles. The first-order valence-electron chi connectivity index (χ1n) is 8.48. The van der Waals surface area contributed by atoms with Gasteiger partial charge in [0, 0.05) is 0 Å². The lowest BCUT2D eigenvalue weighted by Crippen LogP contribution is -2.30. The average Bonchev–Trinajstić information content (AvgIpc) is 2.69. The zero-order valence-electron chi connectivity index (χ0n) is 15.4. The highest BCUT2D eigenvalue weighted by Crippen LogP contribution is 2.28. The molecule has 3 rings (SSSR count). The molecule has 0 heterocycles. The van der Waals surface area contributed by atoms with E-state index >= 15 is 0 Å². The SMILES string of the molecule is COc1cccc(CN(c2ccc(F)cc2)S(=O)(=O)c2ccc(C)c(F)c2)c1. The molecule has 3 aromatic rings. The maximum Gasteiger partial charge on any atom is 0.264 e. The van der Waals surface area contributed by atoms with Crippen molar-refractivity contribution in [3.05, 3.63) is 89.5 Å². The van der Waals surface area contributed by atoms with E-state index < -0.39 is 21.7 Å². The van der Waals surface area contributed by atoms with Gasteiger partial charge in [-0.1, -0.05) is 18.2 Å². The molecule has 0 bridgehead atoms. The van der Waals surface area contributed by atoms with Gasteiger partial charge in [0.1, 0.15) is 17.4 Å². The molecule has 0 saturated heterocycles. The third-order valence-corrected chi connectivity index (χ3v) is 6.08. The summed E-state index contributed by atoms with van der Waals surface area (Å²) >= 11 is 0. The van der Waals surface area contributed by atoms with Crippen LogP contribution in [-0.4, -0.2) is 15.5 Å². The van der Waals surface area contributed by atoms with Gasteiger partial charge in [-0.3, -0.25) is 4.31 Å². The predicted octanol–water partition coefficient (Wildman–Crippen LogP) is 4.68. The average molecular weight is 403 g/mol. The molecule has 0 N–H and O–H groups in total. The molecular weight excluding hydrogens is 384 g/mol. The zero-order chi connectivity index (χ0) is 20.3. The molecule has 3 aromatic carbocycles. The minimum Gasteiger partial charge on any atom is -0.497 e. The highest BCUT2D eigenvalue weighted by Gasteiger charge is 2.26. The lowest BCUT2D eigenvalue weighted by atomic mass is 10.2. The molecule has 0 fully saturated rings. The van der Waals surface area contributed by atoms with Gasteiger partial charge < -0.3 is 4.74 Å². The molecular formula is C21H19F2NO3S. The maximum absolute atomic E-state index is 14.0. The third-order valence-electron chi connectivity index (χ3n) is 4.31. The van der Waals surface area contributed by atoms with Gasteiger partial charge in [-0.05, 0) is 66.6 Å². The van der Waals surface area contributed by atoms with Crippen LogP contribution in [0.5, 0.6) is 5.75 Å². The van der Waals surface area contributed by atoms with Gasteiger partial charge >= 0.3 is 0 Å². The fraction of sp³-hybridized carbons (Fsp3) is 0.143. The number of aryl methyl sites for hydroxylation is 1. The smallest absolute Gasteiger partial charge is 0.264 e. The number of rotatable bonds is 6. The lowest BCUT2D eigenvalue weighted by Gasteiger charge is -2.25. The second-order valence-electron chi connectivity index (χ2n) is 6.25. The molecule has 0 radical (unpaired) electrons. The third kappa shape index (κ3) is 4.14. The van der Waals surface area contributed by atoms with E-state index in [0.717, 1.165) is 10.4 Å². The fourth-order valence-electron chi connectivity index (χ4n) is 2.72. The van der Waals surface area contributed by atoms with Crippen LogP contribution in [-0.2, 0) is 16.6 Å². The van der Waals surface area contributed by atoms with Crippen molar-refractivity contribution in [3.63, 3.8) is 0 Å². The summed E-state index contributed by atoms with van der Waals surface area (Å²) < 4.78 is 60.2. The zero-order valence-corrected chi connectivity index (χ0v) is 16.2. The van der Waals surface area contributed by atoms with Crippen LogP contribution in [0.4, 0.5) is 14.5 Å². The van der Waals surface area contributed by atoms with Gasteiger partial charge in [-0.25, -0.2) is 17.2 Å². The van der Waals surface area contributed by atoms with Gasteiger partial charge in [0.25, 0.3) is 10.0 Å². The van der Waals surface area contributed by atoms with E-state index in [1.807, 2.05) is 0 Å². The van der Waals surface area contributed by atoms with E-state index in [-0.39, 0.29) is 17.1 Å². The first-order valence-corrected chi connectivity index (χ1v) is 9.92. The highest BCUT2D eigenvalue weighted by atomic mass is 32.2. The van der Waals surface area contributed by atoms with Crippen molar-refractivity contribution in [1.29, 1.82) is 0 Å². The number of ether oxygens (including phenoxy) is 1. The second kappa shape index (κ2) is 7.98. The number of halogens is 2. The molecule has 0 spiro atoms. The molecule has 0 aliphatic rings. The Bertz CT molecular complexity index is 1080. The summed E-state index contributed by atoms with van der Waals surface area (Å²) in [6, 6.07) is 15.8. The fourth-order valence-corrected chi connectivity index (χ4v) is 4.19. The molecule has 7 heteroatoms. The first kappa shape index (κ1) is 19.8. The van der Waals surface area contributed by atoms with Gasteiger partial charge in [-0.2, -0.15) is 0 Å². The van der Waals surface area contributed by atoms with Gasteiger partial charge in [0.05, 0.1) is 24.2 Å². The van der Waals surface area contributed by atoms with Crippen molar-refractivity contribution in [2.24, 2.45) is 0 Å². The molecule has 0 amide bonds. The quantitative estimate of drug-likeness (QED) is 0.601. The van der Waals surface area contributed by atoms with Crippen molar-refractivity contribution in [2.45, 2.75) is 18.4 Å². The number of hydrogen-bond donors (Lipinski definition) is 0. The van der Waals surface area contributed by atoms with E-state index in [2.05, 4.69) is 0 Å². The monoisotopic (exact) mass is 403 g/mol. The molecule has 0 aliphatic carbocycles. The summed E-state index contributed by atoms with van der Waals surface area (Å²) in [4.78, 5) is -0.178. The summed E-state index contributed by atoms with van der Waals surface area (Å²) in [7, 11) is -2.58. The van der Waals surface area contributed by atoms with E-state index in [4.69, 9.17) is 4.74 Å². The largest absolute Gasteiger partial charge is 0.497 e. The summed E-state index contributed by atoms with van der Waals surface area (Å²) in [5.41, 5.74) is 1.28. The number of nitrogens with zero attached hydrogens (tertiary/aromatic N) is 1. The Balaban J connectivity index is 2.09. The number of benzene rings is 3. The Morgan fingerprint density at radius 3 is 2.32 bits per heavy atom. The number of sulfonamides is 1. The standard InChI is InChI=1S/C21H19F2NO3S/c1-15-6-11-20(13-21(15)23)28(25,26)24(18-9-7-17(22)8-10-18)14-16-4-3-5-19(12-16)27-2/h3-13H,14H2,1-2H3. The van der Waals surface area contributed by atoms with E-state index in [1.54, 1.807) is 31.2 Å². The molecule has 0 unspecified atom stereocenters. The van der Waals surface area contributed by atoms with Crippen LogP contribution >= 0.6 is 0 Å². The van der Waals surface area contributed by atoms with Crippen molar-refractivity contribution in [3.8, 4) is 5.75 Å². The van der Waals surface area contributed by atoms with Crippen molar-refractivity contribution < 1.29 is 21.9 Å². The Labute approximate surface area is 163 Å². The van der Waals surface area contributed by atoms with E-state index in [1.165, 1.54) is 43.5 Å². The van der Waals surface area contributed by atoms with Crippen LogP contribution in [0.3, 0.4) is 0 Å². The summed E-state index contributed by atoms with van der Waals surface area (Å²) in [6.07, 6.45) is 0. The lowest BCUT2D eigenvalue weighted by molar-refractivity contribution is 0.414. The number of methoxy groups -OCH3 is 1. The summed E-state index contributed by atoms with van der Waals surface area (Å²) in [6.45, 7) is 1.53. The topological polar surface area (TPSA) is 46.6 Å². The van der Waals surface area contributed by atoms with Crippen LogP contribution in [0.1, 0.15) is 11.1 Å². The molecule has 0 atom stereocenters. The van der Waals surface area contributed by atoms with Gasteiger partial charge in [0.15, 0.2) is 0 Å². The highest BCUT2D eigenvalue weighted by molar-refractivity contribution is 7.92. The van der Waals surface area contributed by atoms with E-state index in [0.29, 0.717) is 16.9 Å². The number of anilines is 1. The predicted molar refractivity (Wildman–Crippen MR) is 104 cm³/mol. The minimum absolute atomic E-state index is 0.0271. The van der Waals surface area contributed by atoms with Crippen LogP contribution in [0, 0.1) is 18.6 Å². The molecule has 0 aromatic heterocycles. The Kier molecular flexibility index (Phi) is 5.65. The first-order chi connectivity index (χ1) is 13.3. The van der Waals surface area contributed by atoms with Gasteiger partial charge in [0.2, 0.25) is 0 Å². The molecule has 4 nitrogen and oxygen atoms in total. The minimum atomic E-state index is -4.09.